The predicted octanol–water partition coefficient (Wildman–Crippen LogP) is -0.867. The van der Waals surface area contributed by atoms with Crippen LogP contribution in [0, 0.1) is 5.92 Å². The van der Waals surface area contributed by atoms with Gasteiger partial charge < -0.3 is 10.6 Å². The molecule has 0 saturated carbocycles. The Kier molecular flexibility index (Phi) is 4.62. The molecular formula is C14H22N4O3. The SMILES string of the molecule is C[C@H]1CCCN(C(=O)Cn2ccc(=O)n(C)c2=O)[C@@H]1CN. The molecule has 0 bridgehead atoms. The molecule has 1 aromatic rings. The molecule has 2 N–H and O–H groups in total. The number of amides is 1. The Hall–Kier alpha value is -1.89. The molecule has 1 aliphatic rings. The summed E-state index contributed by atoms with van der Waals surface area (Å²) in [4.78, 5) is 37.5. The van der Waals surface area contributed by atoms with Gasteiger partial charge in [-0.2, -0.15) is 0 Å². The Labute approximate surface area is 123 Å². The topological polar surface area (TPSA) is 90.3 Å². The summed E-state index contributed by atoms with van der Waals surface area (Å²) in [5.41, 5.74) is 4.92. The number of hydrogen-bond donors (Lipinski definition) is 1. The van der Waals surface area contributed by atoms with Crippen LogP contribution in [0.4, 0.5) is 0 Å². The van der Waals surface area contributed by atoms with E-state index in [4.69, 9.17) is 5.73 Å². The number of hydrogen-bond acceptors (Lipinski definition) is 4. The van der Waals surface area contributed by atoms with Crippen LogP contribution in [0.3, 0.4) is 0 Å². The quantitative estimate of drug-likeness (QED) is 0.785. The van der Waals surface area contributed by atoms with Crippen molar-refractivity contribution < 1.29 is 4.79 Å². The maximum atomic E-state index is 12.5. The van der Waals surface area contributed by atoms with Crippen molar-refractivity contribution in [1.29, 1.82) is 0 Å². The zero-order valence-electron chi connectivity index (χ0n) is 12.5. The van der Waals surface area contributed by atoms with Crippen molar-refractivity contribution in [1.82, 2.24) is 14.0 Å². The highest BCUT2D eigenvalue weighted by Crippen LogP contribution is 2.22. The Morgan fingerprint density at radius 1 is 1.43 bits per heavy atom. The standard InChI is InChI=1S/C14H22N4O3/c1-10-4-3-6-18(11(10)8-15)13(20)9-17-7-5-12(19)16(2)14(17)21/h5,7,10-11H,3-4,6,8-9,15H2,1-2H3/t10-,11+/m0/s1. The van der Waals surface area contributed by atoms with Crippen LogP contribution < -0.4 is 17.0 Å². The molecule has 0 aromatic carbocycles. The van der Waals surface area contributed by atoms with E-state index in [1.165, 1.54) is 23.9 Å². The second-order valence-corrected chi connectivity index (χ2v) is 5.63. The van der Waals surface area contributed by atoms with Gasteiger partial charge >= 0.3 is 5.69 Å². The molecular weight excluding hydrogens is 272 g/mol. The van der Waals surface area contributed by atoms with E-state index in [2.05, 4.69) is 6.92 Å². The summed E-state index contributed by atoms with van der Waals surface area (Å²) >= 11 is 0. The van der Waals surface area contributed by atoms with E-state index >= 15 is 0 Å². The Morgan fingerprint density at radius 2 is 2.14 bits per heavy atom. The molecule has 1 amide bonds. The van der Waals surface area contributed by atoms with Gasteiger partial charge in [0.2, 0.25) is 5.91 Å². The van der Waals surface area contributed by atoms with Crippen molar-refractivity contribution in [3.05, 3.63) is 33.1 Å². The van der Waals surface area contributed by atoms with Gasteiger partial charge in [0.15, 0.2) is 0 Å². The van der Waals surface area contributed by atoms with Gasteiger partial charge in [-0.05, 0) is 18.8 Å². The number of carbonyl (C=O) groups is 1. The predicted molar refractivity (Wildman–Crippen MR) is 78.9 cm³/mol. The first-order valence-electron chi connectivity index (χ1n) is 7.21. The van der Waals surface area contributed by atoms with E-state index in [0.29, 0.717) is 19.0 Å². The van der Waals surface area contributed by atoms with Gasteiger partial charge in [-0.3, -0.25) is 18.7 Å². The van der Waals surface area contributed by atoms with Crippen molar-refractivity contribution in [2.24, 2.45) is 18.7 Å². The van der Waals surface area contributed by atoms with Gasteiger partial charge in [0.1, 0.15) is 6.54 Å². The highest BCUT2D eigenvalue weighted by molar-refractivity contribution is 5.76. The smallest absolute Gasteiger partial charge is 0.331 e. The molecule has 21 heavy (non-hydrogen) atoms. The van der Waals surface area contributed by atoms with Gasteiger partial charge in [-0.1, -0.05) is 6.92 Å². The third-order valence-corrected chi connectivity index (χ3v) is 4.24. The normalized spacial score (nSPS) is 22.3. The van der Waals surface area contributed by atoms with Crippen LogP contribution in [0.1, 0.15) is 19.8 Å². The zero-order chi connectivity index (χ0) is 15.6. The van der Waals surface area contributed by atoms with Crippen LogP contribution in [0.25, 0.3) is 0 Å². The first-order chi connectivity index (χ1) is 9.95. The zero-order valence-corrected chi connectivity index (χ0v) is 12.5. The number of rotatable bonds is 3. The lowest BCUT2D eigenvalue weighted by molar-refractivity contribution is -0.136. The van der Waals surface area contributed by atoms with E-state index in [0.717, 1.165) is 17.4 Å². The largest absolute Gasteiger partial charge is 0.337 e. The second kappa shape index (κ2) is 6.26. The lowest BCUT2D eigenvalue weighted by atomic mass is 9.91. The highest BCUT2D eigenvalue weighted by Gasteiger charge is 2.30. The molecule has 2 heterocycles. The Morgan fingerprint density at radius 3 is 2.81 bits per heavy atom. The van der Waals surface area contributed by atoms with Crippen molar-refractivity contribution in [2.75, 3.05) is 13.1 Å². The Balaban J connectivity index is 2.20. The molecule has 116 valence electrons. The fourth-order valence-electron chi connectivity index (χ4n) is 2.89. The number of piperidine rings is 1. The lowest BCUT2D eigenvalue weighted by Crippen LogP contribution is -2.53. The molecule has 7 heteroatoms. The van der Waals surface area contributed by atoms with Crippen molar-refractivity contribution >= 4 is 5.91 Å². The molecule has 1 fully saturated rings. The summed E-state index contributed by atoms with van der Waals surface area (Å²) in [5.74, 6) is 0.238. The molecule has 2 atom stereocenters. The van der Waals surface area contributed by atoms with Gasteiger partial charge in [0.25, 0.3) is 5.56 Å². The summed E-state index contributed by atoms with van der Waals surface area (Å²) in [6.07, 6.45) is 3.38. The average Bonchev–Trinajstić information content (AvgIpc) is 2.47. The number of nitrogens with two attached hydrogens (primary N) is 1. The maximum absolute atomic E-state index is 12.5. The van der Waals surface area contributed by atoms with E-state index in [1.807, 2.05) is 0 Å². The molecule has 1 aliphatic heterocycles. The first kappa shape index (κ1) is 15.5. The van der Waals surface area contributed by atoms with Crippen LogP contribution in [-0.4, -0.2) is 39.1 Å². The first-order valence-corrected chi connectivity index (χ1v) is 7.21. The van der Waals surface area contributed by atoms with E-state index in [9.17, 15) is 14.4 Å². The van der Waals surface area contributed by atoms with Gasteiger partial charge in [-0.15, -0.1) is 0 Å². The van der Waals surface area contributed by atoms with Crippen LogP contribution in [0.2, 0.25) is 0 Å². The second-order valence-electron chi connectivity index (χ2n) is 5.63. The molecule has 1 aromatic heterocycles. The molecule has 0 spiro atoms. The summed E-state index contributed by atoms with van der Waals surface area (Å²) in [6, 6.07) is 1.31. The van der Waals surface area contributed by atoms with Gasteiger partial charge in [0.05, 0.1) is 0 Å². The fraction of sp³-hybridized carbons (Fsp3) is 0.643. The molecule has 0 unspecified atom stereocenters. The third-order valence-electron chi connectivity index (χ3n) is 4.24. The van der Waals surface area contributed by atoms with Gasteiger partial charge in [-0.25, -0.2) is 4.79 Å². The van der Waals surface area contributed by atoms with Crippen molar-refractivity contribution in [3.63, 3.8) is 0 Å². The van der Waals surface area contributed by atoms with E-state index < -0.39 is 5.69 Å². The number of nitrogens with zero attached hydrogens (tertiary/aromatic N) is 3. The third kappa shape index (κ3) is 3.07. The van der Waals surface area contributed by atoms with E-state index in [1.54, 1.807) is 4.90 Å². The number of likely N-dealkylation sites (tertiary alicyclic amines) is 1. The summed E-state index contributed by atoms with van der Waals surface area (Å²) in [6.45, 7) is 3.13. The molecule has 0 radical (unpaired) electrons. The van der Waals surface area contributed by atoms with Crippen LogP contribution in [-0.2, 0) is 18.4 Å². The summed E-state index contributed by atoms with van der Waals surface area (Å²) < 4.78 is 2.25. The fourth-order valence-corrected chi connectivity index (χ4v) is 2.89. The number of aromatic nitrogens is 2. The minimum absolute atomic E-state index is 0.0227. The maximum Gasteiger partial charge on any atom is 0.331 e. The monoisotopic (exact) mass is 294 g/mol. The van der Waals surface area contributed by atoms with Crippen molar-refractivity contribution in [3.8, 4) is 0 Å². The number of carbonyl (C=O) groups excluding carboxylic acids is 1. The molecule has 7 nitrogen and oxygen atoms in total. The minimum atomic E-state index is -0.481. The van der Waals surface area contributed by atoms with Crippen LogP contribution in [0.5, 0.6) is 0 Å². The lowest BCUT2D eigenvalue weighted by Gasteiger charge is -2.39. The molecule has 1 saturated heterocycles. The molecule has 0 aliphatic carbocycles. The van der Waals surface area contributed by atoms with Crippen LogP contribution in [0.15, 0.2) is 21.9 Å². The summed E-state index contributed by atoms with van der Waals surface area (Å²) in [5, 5.41) is 0. The molecule has 2 rings (SSSR count). The van der Waals surface area contributed by atoms with Crippen molar-refractivity contribution in [2.45, 2.75) is 32.4 Å². The van der Waals surface area contributed by atoms with Crippen LogP contribution >= 0.6 is 0 Å². The summed E-state index contributed by atoms with van der Waals surface area (Å²) in [7, 11) is 1.40. The highest BCUT2D eigenvalue weighted by atomic mass is 16.2. The average molecular weight is 294 g/mol. The minimum Gasteiger partial charge on any atom is -0.337 e. The van der Waals surface area contributed by atoms with E-state index in [-0.39, 0.29) is 24.1 Å². The Bertz CT molecular complexity index is 634. The van der Waals surface area contributed by atoms with Gasteiger partial charge in [0, 0.05) is 38.4 Å².